The van der Waals surface area contributed by atoms with Crippen LogP contribution in [-0.2, 0) is 9.59 Å². The van der Waals surface area contributed by atoms with E-state index < -0.39 is 24.4 Å². The largest absolute Gasteiger partial charge is 0.507 e. The average Bonchev–Trinajstić information content (AvgIpc) is 2.61. The molecule has 2 rings (SSSR count). The van der Waals surface area contributed by atoms with Crippen LogP contribution >= 0.6 is 11.8 Å². The van der Waals surface area contributed by atoms with E-state index in [2.05, 4.69) is 5.32 Å². The molecule has 4 N–H and O–H groups in total. The van der Waals surface area contributed by atoms with Crippen LogP contribution in [0.3, 0.4) is 0 Å². The molecule has 0 radical (unpaired) electrons. The van der Waals surface area contributed by atoms with Gasteiger partial charge in [-0.25, -0.2) is 4.79 Å². The van der Waals surface area contributed by atoms with Crippen LogP contribution in [0.1, 0.15) is 10.4 Å². The summed E-state index contributed by atoms with van der Waals surface area (Å²) in [4.78, 5) is 32.5. The topological polar surface area (TPSA) is 124 Å². The highest BCUT2D eigenvalue weighted by Crippen LogP contribution is 2.17. The van der Waals surface area contributed by atoms with E-state index in [-0.39, 0.29) is 11.3 Å². The molecule has 0 bridgehead atoms. The molecule has 0 aliphatic carbocycles. The fraction of sp³-hybridized carbons (Fsp3) is 0.0556. The van der Waals surface area contributed by atoms with Crippen molar-refractivity contribution in [2.24, 2.45) is 0 Å². The number of carbonyl (C=O) groups is 3. The second-order valence-electron chi connectivity index (χ2n) is 4.67. The molecule has 0 spiro atoms. The van der Waals surface area contributed by atoms with Crippen LogP contribution in [-0.4, -0.2) is 39.7 Å². The standard InChI is InChI=1S/C9H9NO4.C9H8O2S/c11-7-4-2-1-3-6(7)9(14)10-5-8(12)13;10-9(11)6-7-12-8-4-2-1-3-5-8/h1-4,11H,5H2,(H,10,14)(H,12,13);1-7H,(H,10,11). The van der Waals surface area contributed by atoms with Gasteiger partial charge in [0.2, 0.25) is 0 Å². The Labute approximate surface area is 154 Å². The van der Waals surface area contributed by atoms with Gasteiger partial charge in [-0.3, -0.25) is 9.59 Å². The number of para-hydroxylation sites is 1. The van der Waals surface area contributed by atoms with Gasteiger partial charge < -0.3 is 20.6 Å². The van der Waals surface area contributed by atoms with Gasteiger partial charge in [0.05, 0.1) is 5.56 Å². The minimum Gasteiger partial charge on any atom is -0.507 e. The zero-order valence-corrected chi connectivity index (χ0v) is 14.3. The van der Waals surface area contributed by atoms with Gasteiger partial charge in [0, 0.05) is 11.0 Å². The van der Waals surface area contributed by atoms with Crippen LogP contribution in [0.2, 0.25) is 0 Å². The van der Waals surface area contributed by atoms with E-state index in [9.17, 15) is 19.5 Å². The number of amides is 1. The van der Waals surface area contributed by atoms with Crippen molar-refractivity contribution in [1.82, 2.24) is 5.32 Å². The molecular formula is C18H17NO6S. The van der Waals surface area contributed by atoms with E-state index in [1.54, 1.807) is 17.5 Å². The van der Waals surface area contributed by atoms with Gasteiger partial charge >= 0.3 is 11.9 Å². The van der Waals surface area contributed by atoms with Crippen molar-refractivity contribution in [3.63, 3.8) is 0 Å². The van der Waals surface area contributed by atoms with Gasteiger partial charge in [-0.15, -0.1) is 0 Å². The van der Waals surface area contributed by atoms with Gasteiger partial charge in [-0.05, 0) is 29.7 Å². The highest BCUT2D eigenvalue weighted by molar-refractivity contribution is 8.02. The first-order chi connectivity index (χ1) is 12.4. The fourth-order valence-corrected chi connectivity index (χ4v) is 2.24. The molecule has 0 heterocycles. The highest BCUT2D eigenvalue weighted by atomic mass is 32.2. The number of nitrogens with one attached hydrogen (secondary N) is 1. The number of carboxylic acid groups (broad SMARTS) is 2. The number of carbonyl (C=O) groups excluding carboxylic acids is 1. The van der Waals surface area contributed by atoms with Crippen molar-refractivity contribution in [3.05, 3.63) is 71.6 Å². The Hall–Kier alpha value is -3.26. The first kappa shape index (κ1) is 20.8. The maximum absolute atomic E-state index is 11.2. The van der Waals surface area contributed by atoms with Crippen LogP contribution in [0.15, 0.2) is 71.0 Å². The Morgan fingerprint density at radius 3 is 2.15 bits per heavy atom. The predicted octanol–water partition coefficient (Wildman–Crippen LogP) is 2.58. The molecule has 8 heteroatoms. The Morgan fingerprint density at radius 1 is 0.962 bits per heavy atom. The molecule has 1 amide bonds. The zero-order chi connectivity index (χ0) is 19.4. The molecule has 0 atom stereocenters. The summed E-state index contributed by atoms with van der Waals surface area (Å²) in [5.74, 6) is -2.83. The lowest BCUT2D eigenvalue weighted by Crippen LogP contribution is -2.29. The van der Waals surface area contributed by atoms with Gasteiger partial charge in [0.15, 0.2) is 0 Å². The summed E-state index contributed by atoms with van der Waals surface area (Å²) >= 11 is 1.39. The van der Waals surface area contributed by atoms with Crippen molar-refractivity contribution in [1.29, 1.82) is 0 Å². The highest BCUT2D eigenvalue weighted by Gasteiger charge is 2.10. The number of carboxylic acids is 2. The van der Waals surface area contributed by atoms with Gasteiger partial charge in [0.1, 0.15) is 12.3 Å². The normalized spacial score (nSPS) is 9.85. The number of phenolic OH excluding ortho intramolecular Hbond substituents is 1. The molecule has 0 fully saturated rings. The van der Waals surface area contributed by atoms with Crippen LogP contribution < -0.4 is 5.32 Å². The molecule has 7 nitrogen and oxygen atoms in total. The van der Waals surface area contributed by atoms with Crippen molar-refractivity contribution in [3.8, 4) is 5.75 Å². The number of thioether (sulfide) groups is 1. The second-order valence-corrected chi connectivity index (χ2v) is 5.64. The van der Waals surface area contributed by atoms with E-state index in [4.69, 9.17) is 10.2 Å². The van der Waals surface area contributed by atoms with E-state index >= 15 is 0 Å². The zero-order valence-electron chi connectivity index (χ0n) is 13.5. The van der Waals surface area contributed by atoms with Gasteiger partial charge in [0.25, 0.3) is 5.91 Å². The summed E-state index contributed by atoms with van der Waals surface area (Å²) in [6.07, 6.45) is 1.12. The predicted molar refractivity (Wildman–Crippen MR) is 97.2 cm³/mol. The smallest absolute Gasteiger partial charge is 0.328 e. The molecule has 2 aromatic rings. The van der Waals surface area contributed by atoms with Crippen molar-refractivity contribution in [2.75, 3.05) is 6.54 Å². The van der Waals surface area contributed by atoms with Gasteiger partial charge in [-0.2, -0.15) is 0 Å². The minimum atomic E-state index is -1.13. The van der Waals surface area contributed by atoms with Gasteiger partial charge in [-0.1, -0.05) is 42.1 Å². The van der Waals surface area contributed by atoms with E-state index in [1.165, 1.54) is 23.9 Å². The molecule has 0 aliphatic heterocycles. The number of phenols is 1. The lowest BCUT2D eigenvalue weighted by Gasteiger charge is -2.03. The molecule has 0 aromatic heterocycles. The monoisotopic (exact) mass is 375 g/mol. The van der Waals surface area contributed by atoms with Crippen LogP contribution in [0.5, 0.6) is 5.75 Å². The minimum absolute atomic E-state index is 0.0637. The summed E-state index contributed by atoms with van der Waals surface area (Å²) < 4.78 is 0. The fourth-order valence-electron chi connectivity index (χ4n) is 1.59. The number of benzene rings is 2. The van der Waals surface area contributed by atoms with Crippen LogP contribution in [0.4, 0.5) is 0 Å². The summed E-state index contributed by atoms with van der Waals surface area (Å²) in [6.45, 7) is -0.465. The summed E-state index contributed by atoms with van der Waals surface area (Å²) in [6, 6.07) is 15.5. The molecular weight excluding hydrogens is 358 g/mol. The second kappa shape index (κ2) is 11.3. The molecule has 0 saturated heterocycles. The van der Waals surface area contributed by atoms with E-state index in [0.717, 1.165) is 11.0 Å². The number of rotatable bonds is 6. The Balaban J connectivity index is 0.000000263. The summed E-state index contributed by atoms with van der Waals surface area (Å²) in [7, 11) is 0. The molecule has 2 aromatic carbocycles. The number of hydrogen-bond acceptors (Lipinski definition) is 5. The van der Waals surface area contributed by atoms with Crippen molar-refractivity contribution < 1.29 is 29.7 Å². The third-order valence-electron chi connectivity index (χ3n) is 2.71. The number of hydrogen-bond donors (Lipinski definition) is 4. The summed E-state index contributed by atoms with van der Waals surface area (Å²) in [5, 5.41) is 29.5. The van der Waals surface area contributed by atoms with Crippen LogP contribution in [0.25, 0.3) is 0 Å². The SMILES string of the molecule is O=C(O)C=CSc1ccccc1.O=C(O)CNC(=O)c1ccccc1O. The van der Waals surface area contributed by atoms with Crippen molar-refractivity contribution >= 4 is 29.6 Å². The lowest BCUT2D eigenvalue weighted by atomic mass is 10.2. The maximum atomic E-state index is 11.2. The number of aliphatic carboxylic acids is 2. The molecule has 136 valence electrons. The molecule has 0 saturated carbocycles. The average molecular weight is 375 g/mol. The number of aromatic hydroxyl groups is 1. The van der Waals surface area contributed by atoms with Crippen LogP contribution in [0, 0.1) is 0 Å². The quantitative estimate of drug-likeness (QED) is 0.452. The third-order valence-corrected chi connectivity index (χ3v) is 3.52. The molecule has 26 heavy (non-hydrogen) atoms. The Morgan fingerprint density at radius 2 is 1.58 bits per heavy atom. The Kier molecular flexibility index (Phi) is 9.05. The van der Waals surface area contributed by atoms with E-state index in [1.807, 2.05) is 30.3 Å². The maximum Gasteiger partial charge on any atom is 0.328 e. The first-order valence-corrected chi connectivity index (χ1v) is 8.17. The summed E-state index contributed by atoms with van der Waals surface area (Å²) in [5.41, 5.74) is 0.0637. The lowest BCUT2D eigenvalue weighted by molar-refractivity contribution is -0.136. The Bertz CT molecular complexity index is 776. The third kappa shape index (κ3) is 8.55. The molecule has 0 unspecified atom stereocenters. The first-order valence-electron chi connectivity index (χ1n) is 7.29. The van der Waals surface area contributed by atoms with Crippen molar-refractivity contribution in [2.45, 2.75) is 4.90 Å². The van der Waals surface area contributed by atoms with E-state index in [0.29, 0.717) is 0 Å². The molecule has 0 aliphatic rings.